The first-order valence-corrected chi connectivity index (χ1v) is 8.64. The van der Waals surface area contributed by atoms with Crippen LogP contribution in [0.3, 0.4) is 0 Å². The summed E-state index contributed by atoms with van der Waals surface area (Å²) in [6, 6.07) is 5.86. The first-order valence-electron chi connectivity index (χ1n) is 8.27. The third-order valence-corrected chi connectivity index (χ3v) is 4.69. The van der Waals surface area contributed by atoms with Gasteiger partial charge in [0.2, 0.25) is 0 Å². The van der Waals surface area contributed by atoms with Crippen molar-refractivity contribution in [3.8, 4) is 5.75 Å². The number of alkyl halides is 3. The predicted molar refractivity (Wildman–Crippen MR) is 95.1 cm³/mol. The molecule has 1 saturated heterocycles. The van der Waals surface area contributed by atoms with Crippen molar-refractivity contribution in [1.29, 1.82) is 0 Å². The SMILES string of the molecule is Cn1ncc(N2CCN(Cc3ccc(OC(F)(F)F)cc3)CC2)c(Cl)c1=O. The molecular formula is C17H18ClF3N4O2. The van der Waals surface area contributed by atoms with Gasteiger partial charge in [-0.15, -0.1) is 13.2 Å². The summed E-state index contributed by atoms with van der Waals surface area (Å²) in [5.74, 6) is -0.233. The molecule has 0 aliphatic carbocycles. The van der Waals surface area contributed by atoms with Crippen LogP contribution in [0.4, 0.5) is 18.9 Å². The largest absolute Gasteiger partial charge is 0.573 e. The molecule has 146 valence electrons. The highest BCUT2D eigenvalue weighted by atomic mass is 35.5. The lowest BCUT2D eigenvalue weighted by Crippen LogP contribution is -2.46. The van der Waals surface area contributed by atoms with Crippen LogP contribution in [0.5, 0.6) is 5.75 Å². The fourth-order valence-electron chi connectivity index (χ4n) is 2.92. The van der Waals surface area contributed by atoms with E-state index in [2.05, 4.69) is 14.7 Å². The summed E-state index contributed by atoms with van der Waals surface area (Å²) in [4.78, 5) is 16.1. The average Bonchev–Trinajstić information content (AvgIpc) is 2.61. The Kier molecular flexibility index (Phi) is 5.61. The number of anilines is 1. The molecule has 1 aromatic carbocycles. The van der Waals surface area contributed by atoms with Crippen LogP contribution in [-0.4, -0.2) is 47.2 Å². The van der Waals surface area contributed by atoms with E-state index < -0.39 is 6.36 Å². The number of benzene rings is 1. The number of nitrogens with zero attached hydrogens (tertiary/aromatic N) is 4. The zero-order chi connectivity index (χ0) is 19.6. The summed E-state index contributed by atoms with van der Waals surface area (Å²) in [6.45, 7) is 3.41. The minimum atomic E-state index is -4.69. The van der Waals surface area contributed by atoms with Gasteiger partial charge in [-0.25, -0.2) is 4.68 Å². The predicted octanol–water partition coefficient (Wildman–Crippen LogP) is 2.65. The summed E-state index contributed by atoms with van der Waals surface area (Å²) < 4.78 is 41.7. The molecular weight excluding hydrogens is 385 g/mol. The molecule has 0 unspecified atom stereocenters. The Labute approximate surface area is 158 Å². The lowest BCUT2D eigenvalue weighted by molar-refractivity contribution is -0.274. The molecule has 6 nitrogen and oxygen atoms in total. The van der Waals surface area contributed by atoms with E-state index in [1.165, 1.54) is 16.8 Å². The van der Waals surface area contributed by atoms with Gasteiger partial charge in [0.15, 0.2) is 0 Å². The van der Waals surface area contributed by atoms with Gasteiger partial charge in [-0.1, -0.05) is 23.7 Å². The highest BCUT2D eigenvalue weighted by Crippen LogP contribution is 2.24. The number of rotatable bonds is 4. The van der Waals surface area contributed by atoms with Crippen LogP contribution in [0.1, 0.15) is 5.56 Å². The second-order valence-corrected chi connectivity index (χ2v) is 6.61. The van der Waals surface area contributed by atoms with Crippen LogP contribution in [-0.2, 0) is 13.6 Å². The lowest BCUT2D eigenvalue weighted by Gasteiger charge is -2.36. The van der Waals surface area contributed by atoms with Gasteiger partial charge < -0.3 is 9.64 Å². The number of piperazine rings is 1. The van der Waals surface area contributed by atoms with Gasteiger partial charge >= 0.3 is 6.36 Å². The number of ether oxygens (including phenoxy) is 1. The molecule has 27 heavy (non-hydrogen) atoms. The first kappa shape index (κ1) is 19.5. The quantitative estimate of drug-likeness (QED) is 0.787. The third kappa shape index (κ3) is 4.92. The molecule has 10 heteroatoms. The van der Waals surface area contributed by atoms with E-state index in [0.717, 1.165) is 18.7 Å². The smallest absolute Gasteiger partial charge is 0.406 e. The van der Waals surface area contributed by atoms with Crippen LogP contribution in [0.15, 0.2) is 35.3 Å². The van der Waals surface area contributed by atoms with Crippen molar-refractivity contribution in [2.24, 2.45) is 7.05 Å². The van der Waals surface area contributed by atoms with E-state index in [0.29, 0.717) is 25.3 Å². The number of aryl methyl sites for hydroxylation is 1. The van der Waals surface area contributed by atoms with Crippen LogP contribution < -0.4 is 15.2 Å². The Morgan fingerprint density at radius 3 is 2.37 bits per heavy atom. The van der Waals surface area contributed by atoms with Crippen molar-refractivity contribution in [2.45, 2.75) is 12.9 Å². The van der Waals surface area contributed by atoms with Crippen molar-refractivity contribution in [3.05, 3.63) is 51.4 Å². The molecule has 1 aliphatic rings. The molecule has 1 aliphatic heterocycles. The van der Waals surface area contributed by atoms with E-state index in [1.54, 1.807) is 25.4 Å². The number of hydrogen-bond donors (Lipinski definition) is 0. The maximum atomic E-state index is 12.2. The Balaban J connectivity index is 1.57. The Morgan fingerprint density at radius 2 is 1.78 bits per heavy atom. The van der Waals surface area contributed by atoms with E-state index in [1.807, 2.05) is 4.90 Å². The fraction of sp³-hybridized carbons (Fsp3) is 0.412. The van der Waals surface area contributed by atoms with Crippen molar-refractivity contribution < 1.29 is 17.9 Å². The fourth-order valence-corrected chi connectivity index (χ4v) is 3.21. The molecule has 1 fully saturated rings. The minimum absolute atomic E-state index is 0.154. The summed E-state index contributed by atoms with van der Waals surface area (Å²) >= 11 is 6.14. The molecule has 0 atom stereocenters. The molecule has 1 aromatic heterocycles. The molecule has 0 N–H and O–H groups in total. The summed E-state index contributed by atoms with van der Waals surface area (Å²) in [7, 11) is 1.54. The van der Waals surface area contributed by atoms with Crippen molar-refractivity contribution in [1.82, 2.24) is 14.7 Å². The Bertz CT molecular complexity index is 847. The Morgan fingerprint density at radius 1 is 1.15 bits per heavy atom. The summed E-state index contributed by atoms with van der Waals surface area (Å²) in [5.41, 5.74) is 1.18. The normalized spacial score (nSPS) is 15.8. The average molecular weight is 403 g/mol. The minimum Gasteiger partial charge on any atom is -0.406 e. The molecule has 2 aromatic rings. The van der Waals surface area contributed by atoms with Gasteiger partial charge in [0, 0.05) is 39.8 Å². The molecule has 3 rings (SSSR count). The topological polar surface area (TPSA) is 50.6 Å². The van der Waals surface area contributed by atoms with Gasteiger partial charge in [0.25, 0.3) is 5.56 Å². The molecule has 2 heterocycles. The van der Waals surface area contributed by atoms with E-state index in [9.17, 15) is 18.0 Å². The lowest BCUT2D eigenvalue weighted by atomic mass is 10.2. The molecule has 0 bridgehead atoms. The molecule has 0 saturated carbocycles. The zero-order valence-electron chi connectivity index (χ0n) is 14.5. The second-order valence-electron chi connectivity index (χ2n) is 6.23. The van der Waals surface area contributed by atoms with Crippen molar-refractivity contribution in [3.63, 3.8) is 0 Å². The van der Waals surface area contributed by atoms with Crippen LogP contribution >= 0.6 is 11.6 Å². The number of aromatic nitrogens is 2. The summed E-state index contributed by atoms with van der Waals surface area (Å²) in [5, 5.41) is 4.16. The highest BCUT2D eigenvalue weighted by molar-refractivity contribution is 6.33. The van der Waals surface area contributed by atoms with Gasteiger partial charge in [-0.05, 0) is 17.7 Å². The van der Waals surface area contributed by atoms with Crippen LogP contribution in [0.25, 0.3) is 0 Å². The van der Waals surface area contributed by atoms with E-state index in [-0.39, 0.29) is 16.3 Å². The standard InChI is InChI=1S/C17H18ClF3N4O2/c1-23-16(26)15(18)14(10-22-23)25-8-6-24(7-9-25)11-12-2-4-13(5-3-12)27-17(19,20)21/h2-5,10H,6-9,11H2,1H3. The molecule has 0 amide bonds. The summed E-state index contributed by atoms with van der Waals surface area (Å²) in [6.07, 6.45) is -3.11. The second kappa shape index (κ2) is 7.77. The first-order chi connectivity index (χ1) is 12.7. The maximum Gasteiger partial charge on any atom is 0.573 e. The van der Waals surface area contributed by atoms with Gasteiger partial charge in [-0.2, -0.15) is 5.10 Å². The number of halogens is 4. The van der Waals surface area contributed by atoms with E-state index >= 15 is 0 Å². The zero-order valence-corrected chi connectivity index (χ0v) is 15.3. The van der Waals surface area contributed by atoms with E-state index in [4.69, 9.17) is 11.6 Å². The molecule has 0 spiro atoms. The maximum absolute atomic E-state index is 12.2. The van der Waals surface area contributed by atoms with Gasteiger partial charge in [0.1, 0.15) is 10.8 Å². The highest BCUT2D eigenvalue weighted by Gasteiger charge is 2.31. The van der Waals surface area contributed by atoms with Crippen molar-refractivity contribution in [2.75, 3.05) is 31.1 Å². The van der Waals surface area contributed by atoms with Gasteiger partial charge in [-0.3, -0.25) is 9.69 Å². The van der Waals surface area contributed by atoms with Gasteiger partial charge in [0.05, 0.1) is 11.9 Å². The monoisotopic (exact) mass is 402 g/mol. The van der Waals surface area contributed by atoms with Crippen LogP contribution in [0, 0.1) is 0 Å². The number of hydrogen-bond acceptors (Lipinski definition) is 5. The molecule has 0 radical (unpaired) electrons. The van der Waals surface area contributed by atoms with Crippen molar-refractivity contribution >= 4 is 17.3 Å². The third-order valence-electron chi connectivity index (χ3n) is 4.34. The Hall–Kier alpha value is -2.26. The van der Waals surface area contributed by atoms with Crippen LogP contribution in [0.2, 0.25) is 5.02 Å².